The van der Waals surface area contributed by atoms with Gasteiger partial charge in [0.05, 0.1) is 19.8 Å². The number of ether oxygens (including phenoxy) is 4. The van der Waals surface area contributed by atoms with E-state index in [2.05, 4.69) is 23.2 Å². The van der Waals surface area contributed by atoms with Crippen molar-refractivity contribution in [2.24, 2.45) is 0 Å². The molecule has 1 unspecified atom stereocenters. The van der Waals surface area contributed by atoms with Crippen LogP contribution in [-0.4, -0.2) is 38.6 Å². The Morgan fingerprint density at radius 3 is 2.77 bits per heavy atom. The van der Waals surface area contributed by atoms with Gasteiger partial charge in [-0.1, -0.05) is 12.1 Å². The minimum absolute atomic E-state index is 0.234. The van der Waals surface area contributed by atoms with Crippen LogP contribution in [0.5, 0.6) is 5.75 Å². The van der Waals surface area contributed by atoms with Crippen molar-refractivity contribution < 1.29 is 18.9 Å². The molecule has 0 bridgehead atoms. The highest BCUT2D eigenvalue weighted by Gasteiger charge is 2.33. The van der Waals surface area contributed by atoms with Gasteiger partial charge < -0.3 is 23.8 Å². The van der Waals surface area contributed by atoms with Crippen LogP contribution in [0.4, 0.5) is 0 Å². The number of methoxy groups -OCH3 is 2. The summed E-state index contributed by atoms with van der Waals surface area (Å²) in [4.78, 5) is 2.28. The van der Waals surface area contributed by atoms with Crippen LogP contribution in [0.1, 0.15) is 12.0 Å². The molecule has 1 aromatic carbocycles. The maximum absolute atomic E-state index is 5.76. The molecule has 22 heavy (non-hydrogen) atoms. The number of rotatable bonds is 6. The Morgan fingerprint density at radius 1 is 1.23 bits per heavy atom. The summed E-state index contributed by atoms with van der Waals surface area (Å²) in [6.07, 6.45) is 4.98. The SMILES string of the molecule is COCOC1=C2OCCC2N(Cc2ccc(OC)cc2)C=C1. The van der Waals surface area contributed by atoms with Crippen LogP contribution in [0.2, 0.25) is 0 Å². The summed E-state index contributed by atoms with van der Waals surface area (Å²) in [5.74, 6) is 2.56. The topological polar surface area (TPSA) is 40.2 Å². The number of hydrogen-bond donors (Lipinski definition) is 0. The maximum Gasteiger partial charge on any atom is 0.188 e. The second kappa shape index (κ2) is 6.75. The van der Waals surface area contributed by atoms with Crippen LogP contribution in [0.15, 0.2) is 48.1 Å². The first-order valence-electron chi connectivity index (χ1n) is 7.37. The van der Waals surface area contributed by atoms with E-state index in [0.717, 1.165) is 36.8 Å². The second-order valence-corrected chi connectivity index (χ2v) is 5.27. The molecule has 1 saturated heterocycles. The number of hydrogen-bond acceptors (Lipinski definition) is 5. The molecule has 3 rings (SSSR count). The highest BCUT2D eigenvalue weighted by Crippen LogP contribution is 2.32. The Labute approximate surface area is 130 Å². The van der Waals surface area contributed by atoms with E-state index in [1.807, 2.05) is 18.2 Å². The summed E-state index contributed by atoms with van der Waals surface area (Å²) >= 11 is 0. The predicted octanol–water partition coefficient (Wildman–Crippen LogP) is 2.65. The molecule has 0 spiro atoms. The number of nitrogens with zero attached hydrogens (tertiary/aromatic N) is 1. The monoisotopic (exact) mass is 303 g/mol. The molecule has 0 radical (unpaired) electrons. The van der Waals surface area contributed by atoms with E-state index in [-0.39, 0.29) is 12.8 Å². The van der Waals surface area contributed by atoms with Gasteiger partial charge in [0.15, 0.2) is 18.3 Å². The Bertz CT molecular complexity index is 565. The first-order chi connectivity index (χ1) is 10.8. The van der Waals surface area contributed by atoms with Gasteiger partial charge in [-0.25, -0.2) is 0 Å². The van der Waals surface area contributed by atoms with Crippen molar-refractivity contribution >= 4 is 0 Å². The lowest BCUT2D eigenvalue weighted by Crippen LogP contribution is -2.32. The minimum Gasteiger partial charge on any atom is -0.497 e. The van der Waals surface area contributed by atoms with Crippen molar-refractivity contribution in [3.8, 4) is 5.75 Å². The minimum atomic E-state index is 0.234. The summed E-state index contributed by atoms with van der Waals surface area (Å²) in [5, 5.41) is 0. The van der Waals surface area contributed by atoms with Crippen molar-refractivity contribution in [3.05, 3.63) is 53.6 Å². The highest BCUT2D eigenvalue weighted by molar-refractivity contribution is 5.30. The number of allylic oxidation sites excluding steroid dienone is 1. The first-order valence-corrected chi connectivity index (χ1v) is 7.37. The van der Waals surface area contributed by atoms with E-state index in [9.17, 15) is 0 Å². The average molecular weight is 303 g/mol. The third kappa shape index (κ3) is 3.04. The predicted molar refractivity (Wildman–Crippen MR) is 82.0 cm³/mol. The Kier molecular flexibility index (Phi) is 4.53. The van der Waals surface area contributed by atoms with Gasteiger partial charge in [0.2, 0.25) is 0 Å². The quantitative estimate of drug-likeness (QED) is 0.756. The fourth-order valence-electron chi connectivity index (χ4n) is 2.76. The highest BCUT2D eigenvalue weighted by atomic mass is 16.7. The number of fused-ring (bicyclic) bond motifs is 1. The lowest BCUT2D eigenvalue weighted by molar-refractivity contribution is 0.00228. The maximum atomic E-state index is 5.76. The van der Waals surface area contributed by atoms with Crippen molar-refractivity contribution in [2.75, 3.05) is 27.6 Å². The van der Waals surface area contributed by atoms with Crippen LogP contribution in [-0.2, 0) is 20.8 Å². The molecule has 0 amide bonds. The molecule has 0 aromatic heterocycles. The van der Waals surface area contributed by atoms with E-state index >= 15 is 0 Å². The molecule has 5 nitrogen and oxygen atoms in total. The summed E-state index contributed by atoms with van der Waals surface area (Å²) in [5.41, 5.74) is 1.23. The molecule has 1 atom stereocenters. The van der Waals surface area contributed by atoms with E-state index < -0.39 is 0 Å². The Balaban J connectivity index is 1.71. The van der Waals surface area contributed by atoms with E-state index in [1.54, 1.807) is 14.2 Å². The molecule has 2 aliphatic heterocycles. The van der Waals surface area contributed by atoms with Gasteiger partial charge in [0.25, 0.3) is 0 Å². The smallest absolute Gasteiger partial charge is 0.188 e. The van der Waals surface area contributed by atoms with Gasteiger partial charge in [0.1, 0.15) is 5.75 Å². The summed E-state index contributed by atoms with van der Waals surface area (Å²) in [6.45, 7) is 1.79. The number of benzene rings is 1. The largest absolute Gasteiger partial charge is 0.497 e. The average Bonchev–Trinajstić information content (AvgIpc) is 3.05. The van der Waals surface area contributed by atoms with Crippen LogP contribution in [0, 0.1) is 0 Å². The second-order valence-electron chi connectivity index (χ2n) is 5.27. The zero-order chi connectivity index (χ0) is 15.4. The van der Waals surface area contributed by atoms with Crippen LogP contribution >= 0.6 is 0 Å². The van der Waals surface area contributed by atoms with Crippen molar-refractivity contribution in [3.63, 3.8) is 0 Å². The molecule has 118 valence electrons. The normalized spacial score (nSPS) is 19.9. The van der Waals surface area contributed by atoms with Crippen molar-refractivity contribution in [1.29, 1.82) is 0 Å². The van der Waals surface area contributed by atoms with Gasteiger partial charge in [-0.2, -0.15) is 0 Å². The molecule has 0 saturated carbocycles. The van der Waals surface area contributed by atoms with E-state index in [4.69, 9.17) is 18.9 Å². The van der Waals surface area contributed by atoms with Gasteiger partial charge in [-0.15, -0.1) is 0 Å². The lowest BCUT2D eigenvalue weighted by atomic mass is 10.1. The fraction of sp³-hybridized carbons (Fsp3) is 0.412. The van der Waals surface area contributed by atoms with Crippen molar-refractivity contribution in [2.45, 2.75) is 19.0 Å². The molecule has 5 heteroatoms. The molecule has 2 heterocycles. The van der Waals surface area contributed by atoms with E-state index in [0.29, 0.717) is 0 Å². The molecule has 1 aromatic rings. The molecular formula is C17H21NO4. The van der Waals surface area contributed by atoms with Gasteiger partial charge in [-0.3, -0.25) is 0 Å². The fourth-order valence-corrected chi connectivity index (χ4v) is 2.76. The third-order valence-electron chi connectivity index (χ3n) is 3.87. The summed E-state index contributed by atoms with van der Waals surface area (Å²) < 4.78 is 21.5. The zero-order valence-electron chi connectivity index (χ0n) is 13.0. The Hall–Kier alpha value is -2.14. The van der Waals surface area contributed by atoms with Crippen molar-refractivity contribution in [1.82, 2.24) is 4.90 Å². The molecule has 2 aliphatic rings. The van der Waals surface area contributed by atoms with E-state index in [1.165, 1.54) is 5.56 Å². The summed E-state index contributed by atoms with van der Waals surface area (Å²) in [6, 6.07) is 8.38. The standard InChI is InChI=1S/C17H21NO4/c1-19-12-22-16-7-9-18(15-8-10-21-17(15)16)11-13-3-5-14(20-2)6-4-13/h3-7,9,15H,8,10-12H2,1-2H3. The Morgan fingerprint density at radius 2 is 2.05 bits per heavy atom. The molecule has 0 aliphatic carbocycles. The van der Waals surface area contributed by atoms with Gasteiger partial charge >= 0.3 is 0 Å². The van der Waals surface area contributed by atoms with Gasteiger partial charge in [-0.05, 0) is 23.8 Å². The third-order valence-corrected chi connectivity index (χ3v) is 3.87. The molecule has 0 N–H and O–H groups in total. The van der Waals surface area contributed by atoms with Crippen LogP contribution in [0.25, 0.3) is 0 Å². The summed E-state index contributed by atoms with van der Waals surface area (Å²) in [7, 11) is 3.29. The van der Waals surface area contributed by atoms with Crippen LogP contribution < -0.4 is 4.74 Å². The van der Waals surface area contributed by atoms with Crippen LogP contribution in [0.3, 0.4) is 0 Å². The first kappa shape index (κ1) is 14.8. The lowest BCUT2D eigenvalue weighted by Gasteiger charge is -2.31. The molecular weight excluding hydrogens is 282 g/mol. The molecule has 1 fully saturated rings. The zero-order valence-corrected chi connectivity index (χ0v) is 13.0. The van der Waals surface area contributed by atoms with Gasteiger partial charge in [0, 0.05) is 26.3 Å².